The SMILES string of the molecule is O=C(OCc1ccccc1)N1CCCCCC1CCl. The summed E-state index contributed by atoms with van der Waals surface area (Å²) < 4.78 is 5.38. The van der Waals surface area contributed by atoms with E-state index in [0.29, 0.717) is 12.5 Å². The molecule has 1 aliphatic rings. The Bertz CT molecular complexity index is 396. The number of likely N-dealkylation sites (tertiary alicyclic amines) is 1. The Morgan fingerprint density at radius 1 is 1.26 bits per heavy atom. The summed E-state index contributed by atoms with van der Waals surface area (Å²) in [6.07, 6.45) is 4.07. The molecule has 104 valence electrons. The number of nitrogens with zero attached hydrogens (tertiary/aromatic N) is 1. The van der Waals surface area contributed by atoms with Crippen LogP contribution in [0.3, 0.4) is 0 Å². The third kappa shape index (κ3) is 4.13. The molecule has 1 aromatic rings. The van der Waals surface area contributed by atoms with Gasteiger partial charge in [0.15, 0.2) is 0 Å². The first-order valence-corrected chi connectivity index (χ1v) is 7.38. The third-order valence-corrected chi connectivity index (χ3v) is 3.85. The van der Waals surface area contributed by atoms with E-state index in [9.17, 15) is 4.79 Å². The molecule has 0 radical (unpaired) electrons. The number of halogens is 1. The zero-order chi connectivity index (χ0) is 13.5. The summed E-state index contributed by atoms with van der Waals surface area (Å²) in [4.78, 5) is 13.9. The monoisotopic (exact) mass is 281 g/mol. The first kappa shape index (κ1) is 14.2. The van der Waals surface area contributed by atoms with Gasteiger partial charge in [0.25, 0.3) is 0 Å². The van der Waals surface area contributed by atoms with Crippen LogP contribution in [-0.4, -0.2) is 29.5 Å². The van der Waals surface area contributed by atoms with Crippen LogP contribution in [0.15, 0.2) is 30.3 Å². The van der Waals surface area contributed by atoms with Gasteiger partial charge in [0.2, 0.25) is 0 Å². The quantitative estimate of drug-likeness (QED) is 0.789. The topological polar surface area (TPSA) is 29.5 Å². The van der Waals surface area contributed by atoms with Crippen LogP contribution < -0.4 is 0 Å². The molecule has 0 saturated carbocycles. The number of carbonyl (C=O) groups is 1. The molecule has 19 heavy (non-hydrogen) atoms. The summed E-state index contributed by atoms with van der Waals surface area (Å²) in [5.74, 6) is 0.487. The molecule has 1 saturated heterocycles. The highest BCUT2D eigenvalue weighted by Crippen LogP contribution is 2.19. The number of carbonyl (C=O) groups excluding carboxylic acids is 1. The van der Waals surface area contributed by atoms with Crippen LogP contribution in [0.25, 0.3) is 0 Å². The summed E-state index contributed by atoms with van der Waals surface area (Å²) in [6, 6.07) is 9.85. The molecule has 1 aromatic carbocycles. The van der Waals surface area contributed by atoms with Gasteiger partial charge in [-0.2, -0.15) is 0 Å². The number of rotatable bonds is 3. The fourth-order valence-corrected chi connectivity index (χ4v) is 2.70. The highest BCUT2D eigenvalue weighted by Gasteiger charge is 2.25. The molecule has 1 unspecified atom stereocenters. The first-order chi connectivity index (χ1) is 9.31. The lowest BCUT2D eigenvalue weighted by atomic mass is 10.1. The van der Waals surface area contributed by atoms with Crippen LogP contribution in [0.4, 0.5) is 4.79 Å². The number of hydrogen-bond donors (Lipinski definition) is 0. The molecule has 0 N–H and O–H groups in total. The van der Waals surface area contributed by atoms with Crippen molar-refractivity contribution in [1.29, 1.82) is 0 Å². The Hall–Kier alpha value is -1.22. The van der Waals surface area contributed by atoms with Crippen LogP contribution in [0, 0.1) is 0 Å². The normalized spacial score (nSPS) is 19.8. The lowest BCUT2D eigenvalue weighted by Crippen LogP contribution is -2.41. The van der Waals surface area contributed by atoms with Gasteiger partial charge in [-0.05, 0) is 18.4 Å². The molecular weight excluding hydrogens is 262 g/mol. The molecule has 0 bridgehead atoms. The number of alkyl halides is 1. The van der Waals surface area contributed by atoms with Crippen LogP contribution in [-0.2, 0) is 11.3 Å². The van der Waals surface area contributed by atoms with Crippen molar-refractivity contribution in [3.63, 3.8) is 0 Å². The molecule has 1 amide bonds. The van der Waals surface area contributed by atoms with Crippen LogP contribution in [0.1, 0.15) is 31.2 Å². The van der Waals surface area contributed by atoms with E-state index in [2.05, 4.69) is 0 Å². The standard InChI is InChI=1S/C15H20ClNO2/c16-11-14-9-5-2-6-10-17(14)15(18)19-12-13-7-3-1-4-8-13/h1,3-4,7-8,14H,2,5-6,9-12H2. The van der Waals surface area contributed by atoms with Gasteiger partial charge in [0.1, 0.15) is 6.61 Å². The second kappa shape index (κ2) is 7.39. The van der Waals surface area contributed by atoms with Gasteiger partial charge < -0.3 is 9.64 Å². The zero-order valence-electron chi connectivity index (χ0n) is 11.1. The average molecular weight is 282 g/mol. The van der Waals surface area contributed by atoms with E-state index in [-0.39, 0.29) is 12.1 Å². The number of ether oxygens (including phenoxy) is 1. The fraction of sp³-hybridized carbons (Fsp3) is 0.533. The van der Waals surface area contributed by atoms with Crippen molar-refractivity contribution in [2.75, 3.05) is 12.4 Å². The predicted octanol–water partition coefficient (Wildman–Crippen LogP) is 3.81. The maximum absolute atomic E-state index is 12.1. The predicted molar refractivity (Wildman–Crippen MR) is 76.3 cm³/mol. The van der Waals surface area contributed by atoms with Gasteiger partial charge in [-0.25, -0.2) is 4.79 Å². The molecular formula is C15H20ClNO2. The fourth-order valence-electron chi connectivity index (χ4n) is 2.38. The summed E-state index contributed by atoms with van der Waals surface area (Å²) >= 11 is 5.96. The van der Waals surface area contributed by atoms with Crippen LogP contribution >= 0.6 is 11.6 Å². The highest BCUT2D eigenvalue weighted by molar-refractivity contribution is 6.18. The highest BCUT2D eigenvalue weighted by atomic mass is 35.5. The Balaban J connectivity index is 1.90. The second-order valence-corrected chi connectivity index (χ2v) is 5.20. The molecule has 0 aromatic heterocycles. The van der Waals surface area contributed by atoms with Crippen molar-refractivity contribution in [3.8, 4) is 0 Å². The maximum atomic E-state index is 12.1. The largest absolute Gasteiger partial charge is 0.445 e. The molecule has 4 heteroatoms. The van der Waals surface area contributed by atoms with Gasteiger partial charge in [0.05, 0.1) is 0 Å². The lowest BCUT2D eigenvalue weighted by Gasteiger charge is -2.27. The summed E-state index contributed by atoms with van der Waals surface area (Å²) in [7, 11) is 0. The van der Waals surface area contributed by atoms with Crippen molar-refractivity contribution < 1.29 is 9.53 Å². The van der Waals surface area contributed by atoms with E-state index in [0.717, 1.165) is 37.8 Å². The van der Waals surface area contributed by atoms with E-state index in [1.165, 1.54) is 0 Å². The summed E-state index contributed by atoms with van der Waals surface area (Å²) in [5.41, 5.74) is 1.01. The van der Waals surface area contributed by atoms with E-state index in [1.54, 1.807) is 4.90 Å². The second-order valence-electron chi connectivity index (χ2n) is 4.89. The Labute approximate surface area is 119 Å². The van der Waals surface area contributed by atoms with E-state index < -0.39 is 0 Å². The van der Waals surface area contributed by atoms with Gasteiger partial charge in [0, 0.05) is 18.5 Å². The van der Waals surface area contributed by atoms with Crippen molar-refractivity contribution >= 4 is 17.7 Å². The first-order valence-electron chi connectivity index (χ1n) is 6.84. The van der Waals surface area contributed by atoms with Gasteiger partial charge >= 0.3 is 6.09 Å². The minimum atomic E-state index is -0.239. The lowest BCUT2D eigenvalue weighted by molar-refractivity contribution is 0.0848. The third-order valence-electron chi connectivity index (χ3n) is 3.49. The number of benzene rings is 1. The summed E-state index contributed by atoms with van der Waals surface area (Å²) in [6.45, 7) is 1.08. The molecule has 1 aliphatic heterocycles. The number of amides is 1. The smallest absolute Gasteiger partial charge is 0.410 e. The van der Waals surface area contributed by atoms with Gasteiger partial charge in [-0.1, -0.05) is 43.2 Å². The van der Waals surface area contributed by atoms with Crippen molar-refractivity contribution in [1.82, 2.24) is 4.90 Å². The minimum Gasteiger partial charge on any atom is -0.445 e. The molecule has 2 rings (SSSR count). The summed E-state index contributed by atoms with van der Waals surface area (Å²) in [5, 5.41) is 0. The molecule has 3 nitrogen and oxygen atoms in total. The van der Waals surface area contributed by atoms with E-state index >= 15 is 0 Å². The average Bonchev–Trinajstić information content (AvgIpc) is 2.71. The Kier molecular flexibility index (Phi) is 5.52. The van der Waals surface area contributed by atoms with Crippen LogP contribution in [0.5, 0.6) is 0 Å². The van der Waals surface area contributed by atoms with E-state index in [4.69, 9.17) is 16.3 Å². The Morgan fingerprint density at radius 2 is 2.05 bits per heavy atom. The number of hydrogen-bond acceptors (Lipinski definition) is 2. The maximum Gasteiger partial charge on any atom is 0.410 e. The minimum absolute atomic E-state index is 0.118. The van der Waals surface area contributed by atoms with Gasteiger partial charge in [-0.15, -0.1) is 11.6 Å². The van der Waals surface area contributed by atoms with Crippen molar-refractivity contribution in [2.24, 2.45) is 0 Å². The molecule has 0 aliphatic carbocycles. The van der Waals surface area contributed by atoms with Crippen molar-refractivity contribution in [3.05, 3.63) is 35.9 Å². The molecule has 1 fully saturated rings. The Morgan fingerprint density at radius 3 is 2.79 bits per heavy atom. The zero-order valence-corrected chi connectivity index (χ0v) is 11.8. The molecule has 1 heterocycles. The molecule has 0 spiro atoms. The van der Waals surface area contributed by atoms with Crippen LogP contribution in [0.2, 0.25) is 0 Å². The molecule has 1 atom stereocenters. The van der Waals surface area contributed by atoms with E-state index in [1.807, 2.05) is 30.3 Å². The van der Waals surface area contributed by atoms with Crippen molar-refractivity contribution in [2.45, 2.75) is 38.3 Å². The van der Waals surface area contributed by atoms with Gasteiger partial charge in [-0.3, -0.25) is 0 Å².